The van der Waals surface area contributed by atoms with Gasteiger partial charge in [-0.05, 0) is 22.4 Å². The van der Waals surface area contributed by atoms with Crippen molar-refractivity contribution >= 4 is 37.5 Å². The number of anilines is 2. The molecule has 0 spiro atoms. The van der Waals surface area contributed by atoms with Gasteiger partial charge < -0.3 is 10.6 Å². The summed E-state index contributed by atoms with van der Waals surface area (Å²) in [6.45, 7) is 0. The molecule has 0 bridgehead atoms. The predicted octanol–water partition coefficient (Wildman–Crippen LogP) is 0.445. The fourth-order valence-electron chi connectivity index (χ4n) is 1.82. The Bertz CT molecular complexity index is 514. The van der Waals surface area contributed by atoms with Crippen LogP contribution < -0.4 is 10.6 Å². The first-order chi connectivity index (χ1) is 7.87. The van der Waals surface area contributed by atoms with Gasteiger partial charge in [-0.15, -0.1) is 0 Å². The summed E-state index contributed by atoms with van der Waals surface area (Å²) in [5.41, 5.74) is 5.62. The third kappa shape index (κ3) is 2.86. The minimum absolute atomic E-state index is 0.0753. The van der Waals surface area contributed by atoms with Crippen LogP contribution in [0.3, 0.4) is 0 Å². The molecule has 1 aliphatic heterocycles. The van der Waals surface area contributed by atoms with Gasteiger partial charge >= 0.3 is 0 Å². The molecule has 2 N–H and O–H groups in total. The van der Waals surface area contributed by atoms with Crippen molar-refractivity contribution in [1.29, 1.82) is 0 Å². The van der Waals surface area contributed by atoms with Crippen LogP contribution in [0.2, 0.25) is 0 Å². The smallest absolute Gasteiger partial charge is 0.228 e. The molecular weight excluding hydrogens is 308 g/mol. The number of rotatable bonds is 2. The highest BCUT2D eigenvalue weighted by Gasteiger charge is 2.31. The number of nitrogen functional groups attached to an aromatic ring is 1. The molecule has 0 saturated carbocycles. The molecule has 0 aromatic carbocycles. The minimum atomic E-state index is -2.91. The third-order valence-corrected chi connectivity index (χ3v) is 4.93. The number of aromatic nitrogens is 2. The Labute approximate surface area is 108 Å². The molecule has 17 heavy (non-hydrogen) atoms. The van der Waals surface area contributed by atoms with Crippen molar-refractivity contribution < 1.29 is 8.42 Å². The van der Waals surface area contributed by atoms with E-state index in [0.717, 1.165) is 0 Å². The van der Waals surface area contributed by atoms with E-state index < -0.39 is 9.84 Å². The Kier molecular flexibility index (Phi) is 3.26. The van der Waals surface area contributed by atoms with E-state index in [0.29, 0.717) is 22.8 Å². The van der Waals surface area contributed by atoms with Crippen LogP contribution in [-0.2, 0) is 9.84 Å². The number of hydrogen-bond donors (Lipinski definition) is 1. The SMILES string of the molecule is CN(c1nc(N)cc(Br)n1)C1CCS(=O)(=O)C1. The van der Waals surface area contributed by atoms with E-state index in [1.807, 2.05) is 0 Å². The molecule has 1 aromatic rings. The average molecular weight is 321 g/mol. The number of nitrogens with zero attached hydrogens (tertiary/aromatic N) is 3. The second kappa shape index (κ2) is 4.41. The van der Waals surface area contributed by atoms with E-state index in [4.69, 9.17) is 5.73 Å². The van der Waals surface area contributed by atoms with Gasteiger partial charge in [-0.1, -0.05) is 0 Å². The van der Waals surface area contributed by atoms with Gasteiger partial charge in [-0.25, -0.2) is 13.4 Å². The first-order valence-electron chi connectivity index (χ1n) is 5.11. The lowest BCUT2D eigenvalue weighted by atomic mass is 10.2. The molecule has 0 radical (unpaired) electrons. The summed E-state index contributed by atoms with van der Waals surface area (Å²) in [5.74, 6) is 1.18. The van der Waals surface area contributed by atoms with Crippen LogP contribution in [0, 0.1) is 0 Å². The summed E-state index contributed by atoms with van der Waals surface area (Å²) in [6, 6.07) is 1.52. The molecule has 0 amide bonds. The Morgan fingerprint density at radius 2 is 2.24 bits per heavy atom. The monoisotopic (exact) mass is 320 g/mol. The fraction of sp³-hybridized carbons (Fsp3) is 0.556. The fourth-order valence-corrected chi connectivity index (χ4v) is 3.99. The van der Waals surface area contributed by atoms with Crippen molar-refractivity contribution in [3.8, 4) is 0 Å². The maximum atomic E-state index is 11.4. The topological polar surface area (TPSA) is 89.2 Å². The van der Waals surface area contributed by atoms with Crippen molar-refractivity contribution in [1.82, 2.24) is 9.97 Å². The molecule has 8 heteroatoms. The molecule has 1 atom stereocenters. The molecule has 1 aromatic heterocycles. The summed E-state index contributed by atoms with van der Waals surface area (Å²) in [6.07, 6.45) is 0.606. The molecule has 94 valence electrons. The minimum Gasteiger partial charge on any atom is -0.383 e. The van der Waals surface area contributed by atoms with Gasteiger partial charge in [0.25, 0.3) is 0 Å². The van der Waals surface area contributed by atoms with Crippen molar-refractivity contribution in [2.24, 2.45) is 0 Å². The molecule has 1 unspecified atom stereocenters. The summed E-state index contributed by atoms with van der Waals surface area (Å²) >= 11 is 3.24. The summed E-state index contributed by atoms with van der Waals surface area (Å²) < 4.78 is 23.4. The average Bonchev–Trinajstić information content (AvgIpc) is 2.56. The van der Waals surface area contributed by atoms with E-state index >= 15 is 0 Å². The van der Waals surface area contributed by atoms with E-state index in [1.54, 1.807) is 18.0 Å². The molecule has 1 saturated heterocycles. The maximum Gasteiger partial charge on any atom is 0.228 e. The molecule has 1 aliphatic rings. The van der Waals surface area contributed by atoms with Crippen molar-refractivity contribution in [2.75, 3.05) is 29.2 Å². The van der Waals surface area contributed by atoms with Gasteiger partial charge in [-0.2, -0.15) is 4.98 Å². The molecule has 2 heterocycles. The van der Waals surface area contributed by atoms with Gasteiger partial charge in [0.15, 0.2) is 9.84 Å². The molecule has 2 rings (SSSR count). The number of halogens is 1. The van der Waals surface area contributed by atoms with E-state index in [9.17, 15) is 8.42 Å². The van der Waals surface area contributed by atoms with Crippen LogP contribution in [0.25, 0.3) is 0 Å². The van der Waals surface area contributed by atoms with Crippen LogP contribution in [0.1, 0.15) is 6.42 Å². The first-order valence-corrected chi connectivity index (χ1v) is 7.72. The van der Waals surface area contributed by atoms with Crippen LogP contribution in [0.5, 0.6) is 0 Å². The number of sulfone groups is 1. The van der Waals surface area contributed by atoms with Gasteiger partial charge in [0, 0.05) is 19.2 Å². The van der Waals surface area contributed by atoms with Gasteiger partial charge in [0.2, 0.25) is 5.95 Å². The Morgan fingerprint density at radius 1 is 1.53 bits per heavy atom. The predicted molar refractivity (Wildman–Crippen MR) is 69.6 cm³/mol. The summed E-state index contributed by atoms with van der Waals surface area (Å²) in [4.78, 5) is 10.0. The quantitative estimate of drug-likeness (QED) is 0.795. The zero-order valence-corrected chi connectivity index (χ0v) is 11.7. The van der Waals surface area contributed by atoms with E-state index in [2.05, 4.69) is 25.9 Å². The lowest BCUT2D eigenvalue weighted by Gasteiger charge is -2.23. The van der Waals surface area contributed by atoms with Crippen molar-refractivity contribution in [2.45, 2.75) is 12.5 Å². The van der Waals surface area contributed by atoms with Crippen LogP contribution >= 0.6 is 15.9 Å². The van der Waals surface area contributed by atoms with E-state index in [1.165, 1.54) is 0 Å². The van der Waals surface area contributed by atoms with Crippen molar-refractivity contribution in [3.05, 3.63) is 10.7 Å². The molecule has 6 nitrogen and oxygen atoms in total. The van der Waals surface area contributed by atoms with Gasteiger partial charge in [-0.3, -0.25) is 0 Å². The molecular formula is C9H13BrN4O2S. The van der Waals surface area contributed by atoms with E-state index in [-0.39, 0.29) is 17.5 Å². The Hall–Kier alpha value is -0.890. The Balaban J connectivity index is 2.23. The normalized spacial score (nSPS) is 22.6. The van der Waals surface area contributed by atoms with Crippen molar-refractivity contribution in [3.63, 3.8) is 0 Å². The summed E-state index contributed by atoms with van der Waals surface area (Å²) in [7, 11) is -1.12. The number of hydrogen-bond acceptors (Lipinski definition) is 6. The van der Waals surface area contributed by atoms with Crippen LogP contribution in [0.4, 0.5) is 11.8 Å². The highest BCUT2D eigenvalue weighted by atomic mass is 79.9. The maximum absolute atomic E-state index is 11.4. The second-order valence-corrected chi connectivity index (χ2v) is 7.12. The first kappa shape index (κ1) is 12.6. The number of nitrogens with two attached hydrogens (primary N) is 1. The second-order valence-electron chi connectivity index (χ2n) is 4.08. The van der Waals surface area contributed by atoms with Gasteiger partial charge in [0.1, 0.15) is 10.4 Å². The summed E-state index contributed by atoms with van der Waals surface area (Å²) in [5, 5.41) is 0. The highest BCUT2D eigenvalue weighted by molar-refractivity contribution is 9.10. The van der Waals surface area contributed by atoms with Gasteiger partial charge in [0.05, 0.1) is 11.5 Å². The zero-order chi connectivity index (χ0) is 12.6. The lowest BCUT2D eigenvalue weighted by Crippen LogP contribution is -2.34. The lowest BCUT2D eigenvalue weighted by molar-refractivity contribution is 0.600. The largest absolute Gasteiger partial charge is 0.383 e. The molecule has 1 fully saturated rings. The Morgan fingerprint density at radius 3 is 2.76 bits per heavy atom. The van der Waals surface area contributed by atoms with Crippen LogP contribution in [0.15, 0.2) is 10.7 Å². The van der Waals surface area contributed by atoms with Crippen LogP contribution in [-0.4, -0.2) is 43.0 Å². The third-order valence-electron chi connectivity index (χ3n) is 2.77. The highest BCUT2D eigenvalue weighted by Crippen LogP contribution is 2.22. The zero-order valence-electron chi connectivity index (χ0n) is 9.30. The standard InChI is InChI=1S/C9H13BrN4O2S/c1-14(6-2-3-17(15,16)5-6)9-12-7(10)4-8(11)13-9/h4,6H,2-3,5H2,1H3,(H2,11,12,13). The molecule has 0 aliphatic carbocycles.